The lowest BCUT2D eigenvalue weighted by Gasteiger charge is -2.23. The average Bonchev–Trinajstić information content (AvgIpc) is 2.83. The van der Waals surface area contributed by atoms with Gasteiger partial charge in [0.05, 0.1) is 13.2 Å². The van der Waals surface area contributed by atoms with Gasteiger partial charge in [0.25, 0.3) is 0 Å². The first-order valence-corrected chi connectivity index (χ1v) is 6.92. The lowest BCUT2D eigenvalue weighted by Crippen LogP contribution is -2.44. The first kappa shape index (κ1) is 12.8. The van der Waals surface area contributed by atoms with Crippen molar-refractivity contribution in [3.05, 3.63) is 0 Å². The highest BCUT2D eigenvalue weighted by Gasteiger charge is 2.18. The average molecular weight is 240 g/mol. The van der Waals surface area contributed by atoms with Crippen molar-refractivity contribution < 1.29 is 9.53 Å². The molecule has 0 bridgehead atoms. The van der Waals surface area contributed by atoms with Crippen molar-refractivity contribution in [1.82, 2.24) is 10.6 Å². The minimum atomic E-state index is 0.158. The number of morpholine rings is 1. The minimum absolute atomic E-state index is 0.158. The van der Waals surface area contributed by atoms with Crippen LogP contribution in [-0.4, -0.2) is 38.3 Å². The van der Waals surface area contributed by atoms with Gasteiger partial charge in [-0.2, -0.15) is 0 Å². The van der Waals surface area contributed by atoms with Crippen molar-refractivity contribution in [1.29, 1.82) is 0 Å². The second-order valence-corrected chi connectivity index (χ2v) is 5.22. The standard InChI is InChI=1S/C13H24N2O2/c16-13(9-12-10-17-8-7-14-12)15-6-5-11-3-1-2-4-11/h11-12,14H,1-10H2,(H,15,16). The maximum Gasteiger partial charge on any atom is 0.221 e. The summed E-state index contributed by atoms with van der Waals surface area (Å²) in [5, 5.41) is 6.32. The van der Waals surface area contributed by atoms with Gasteiger partial charge >= 0.3 is 0 Å². The van der Waals surface area contributed by atoms with Crippen LogP contribution in [0.1, 0.15) is 38.5 Å². The molecule has 1 atom stereocenters. The van der Waals surface area contributed by atoms with Gasteiger partial charge in [-0.05, 0) is 12.3 Å². The highest BCUT2D eigenvalue weighted by atomic mass is 16.5. The Morgan fingerprint density at radius 3 is 2.88 bits per heavy atom. The maximum absolute atomic E-state index is 11.7. The molecule has 2 fully saturated rings. The molecule has 2 N–H and O–H groups in total. The lowest BCUT2D eigenvalue weighted by molar-refractivity contribution is -0.122. The Balaban J connectivity index is 1.53. The number of hydrogen-bond acceptors (Lipinski definition) is 3. The van der Waals surface area contributed by atoms with Crippen LogP contribution in [0.4, 0.5) is 0 Å². The summed E-state index contributed by atoms with van der Waals surface area (Å²) in [7, 11) is 0. The van der Waals surface area contributed by atoms with Crippen molar-refractivity contribution in [3.63, 3.8) is 0 Å². The molecule has 0 aromatic heterocycles. The van der Waals surface area contributed by atoms with Gasteiger partial charge in [-0.3, -0.25) is 4.79 Å². The van der Waals surface area contributed by atoms with Crippen LogP contribution >= 0.6 is 0 Å². The van der Waals surface area contributed by atoms with Crippen molar-refractivity contribution >= 4 is 5.91 Å². The van der Waals surface area contributed by atoms with E-state index in [1.165, 1.54) is 25.7 Å². The molecule has 4 nitrogen and oxygen atoms in total. The molecule has 1 unspecified atom stereocenters. The van der Waals surface area contributed by atoms with Gasteiger partial charge in [-0.1, -0.05) is 25.7 Å². The normalized spacial score (nSPS) is 26.0. The Kier molecular flexibility index (Phi) is 5.26. The van der Waals surface area contributed by atoms with Gasteiger partial charge in [0, 0.05) is 25.6 Å². The Morgan fingerprint density at radius 1 is 1.35 bits per heavy atom. The third-order valence-electron chi connectivity index (χ3n) is 3.78. The van der Waals surface area contributed by atoms with Crippen LogP contribution < -0.4 is 10.6 Å². The predicted octanol–water partition coefficient (Wildman–Crippen LogP) is 1.06. The molecule has 17 heavy (non-hydrogen) atoms. The van der Waals surface area contributed by atoms with Gasteiger partial charge in [0.2, 0.25) is 5.91 Å². The summed E-state index contributed by atoms with van der Waals surface area (Å²) >= 11 is 0. The number of rotatable bonds is 5. The molecule has 0 spiro atoms. The zero-order valence-corrected chi connectivity index (χ0v) is 10.5. The summed E-state index contributed by atoms with van der Waals surface area (Å²) in [5.74, 6) is 1.01. The summed E-state index contributed by atoms with van der Waals surface area (Å²) < 4.78 is 5.33. The zero-order valence-electron chi connectivity index (χ0n) is 10.5. The smallest absolute Gasteiger partial charge is 0.221 e. The molecule has 0 aromatic rings. The van der Waals surface area contributed by atoms with E-state index in [1.54, 1.807) is 0 Å². The predicted molar refractivity (Wildman–Crippen MR) is 66.8 cm³/mol. The van der Waals surface area contributed by atoms with Crippen LogP contribution in [0, 0.1) is 5.92 Å². The van der Waals surface area contributed by atoms with Crippen LogP contribution in [0.2, 0.25) is 0 Å². The van der Waals surface area contributed by atoms with Crippen molar-refractivity contribution in [2.75, 3.05) is 26.3 Å². The lowest BCUT2D eigenvalue weighted by atomic mass is 10.0. The molecule has 98 valence electrons. The molecule has 1 amide bonds. The van der Waals surface area contributed by atoms with E-state index < -0.39 is 0 Å². The third kappa shape index (κ3) is 4.64. The molecule has 0 aromatic carbocycles. The van der Waals surface area contributed by atoms with Gasteiger partial charge in [0.15, 0.2) is 0 Å². The molecule has 2 aliphatic rings. The highest BCUT2D eigenvalue weighted by molar-refractivity contribution is 5.76. The second-order valence-electron chi connectivity index (χ2n) is 5.22. The molecule has 4 heteroatoms. The van der Waals surface area contributed by atoms with Gasteiger partial charge in [0.1, 0.15) is 0 Å². The molecule has 2 rings (SSSR count). The molecule has 1 aliphatic heterocycles. The Morgan fingerprint density at radius 2 is 2.18 bits per heavy atom. The Hall–Kier alpha value is -0.610. The number of hydrogen-bond donors (Lipinski definition) is 2. The Bertz CT molecular complexity index is 234. The molecule has 1 saturated carbocycles. The molecule has 1 aliphatic carbocycles. The van der Waals surface area contributed by atoms with Crippen LogP contribution in [0.3, 0.4) is 0 Å². The molecular weight excluding hydrogens is 216 g/mol. The molecule has 1 heterocycles. The van der Waals surface area contributed by atoms with Crippen LogP contribution in [-0.2, 0) is 9.53 Å². The second kappa shape index (κ2) is 6.97. The summed E-state index contributed by atoms with van der Waals surface area (Å²) in [6.45, 7) is 3.13. The summed E-state index contributed by atoms with van der Waals surface area (Å²) in [4.78, 5) is 11.7. The minimum Gasteiger partial charge on any atom is -0.378 e. The summed E-state index contributed by atoms with van der Waals surface area (Å²) in [6.07, 6.45) is 7.16. The van der Waals surface area contributed by atoms with Crippen molar-refractivity contribution in [2.45, 2.75) is 44.6 Å². The zero-order chi connectivity index (χ0) is 11.9. The number of carbonyl (C=O) groups is 1. The maximum atomic E-state index is 11.7. The summed E-state index contributed by atoms with van der Waals surface area (Å²) in [6, 6.07) is 0.204. The van der Waals surface area contributed by atoms with E-state index in [-0.39, 0.29) is 11.9 Å². The monoisotopic (exact) mass is 240 g/mol. The number of amides is 1. The first-order chi connectivity index (χ1) is 8.34. The van der Waals surface area contributed by atoms with E-state index in [9.17, 15) is 4.79 Å². The van der Waals surface area contributed by atoms with E-state index in [0.717, 1.165) is 32.0 Å². The van der Waals surface area contributed by atoms with E-state index in [2.05, 4.69) is 10.6 Å². The topological polar surface area (TPSA) is 50.4 Å². The van der Waals surface area contributed by atoms with Gasteiger partial charge in [-0.15, -0.1) is 0 Å². The van der Waals surface area contributed by atoms with E-state index >= 15 is 0 Å². The molecule has 1 saturated heterocycles. The van der Waals surface area contributed by atoms with E-state index in [1.807, 2.05) is 0 Å². The fraction of sp³-hybridized carbons (Fsp3) is 0.923. The number of nitrogens with one attached hydrogen (secondary N) is 2. The largest absolute Gasteiger partial charge is 0.378 e. The fourth-order valence-electron chi connectivity index (χ4n) is 2.76. The Labute approximate surface area is 103 Å². The first-order valence-electron chi connectivity index (χ1n) is 6.92. The van der Waals surface area contributed by atoms with Gasteiger partial charge < -0.3 is 15.4 Å². The third-order valence-corrected chi connectivity index (χ3v) is 3.78. The van der Waals surface area contributed by atoms with Crippen molar-refractivity contribution in [2.24, 2.45) is 5.92 Å². The highest BCUT2D eigenvalue weighted by Crippen LogP contribution is 2.26. The quantitative estimate of drug-likeness (QED) is 0.755. The van der Waals surface area contributed by atoms with Crippen LogP contribution in [0.5, 0.6) is 0 Å². The number of ether oxygens (including phenoxy) is 1. The van der Waals surface area contributed by atoms with E-state index in [0.29, 0.717) is 13.0 Å². The van der Waals surface area contributed by atoms with Crippen LogP contribution in [0.15, 0.2) is 0 Å². The van der Waals surface area contributed by atoms with Crippen LogP contribution in [0.25, 0.3) is 0 Å². The fourth-order valence-corrected chi connectivity index (χ4v) is 2.76. The van der Waals surface area contributed by atoms with Gasteiger partial charge in [-0.25, -0.2) is 0 Å². The summed E-state index contributed by atoms with van der Waals surface area (Å²) in [5.41, 5.74) is 0. The molecular formula is C13H24N2O2. The number of carbonyl (C=O) groups excluding carboxylic acids is 1. The van der Waals surface area contributed by atoms with Crippen molar-refractivity contribution in [3.8, 4) is 0 Å². The SMILES string of the molecule is O=C(CC1COCCN1)NCCC1CCCC1. The van der Waals surface area contributed by atoms with E-state index in [4.69, 9.17) is 4.74 Å². The molecule has 0 radical (unpaired) electrons.